The molecule has 0 bridgehead atoms. The second-order valence-electron chi connectivity index (χ2n) is 7.28. The number of amides is 2. The predicted octanol–water partition coefficient (Wildman–Crippen LogP) is 2.49. The molecule has 7 nitrogen and oxygen atoms in total. The van der Waals surface area contributed by atoms with Gasteiger partial charge in [0.15, 0.2) is 11.5 Å². The second kappa shape index (κ2) is 10.4. The molecule has 0 spiro atoms. The number of likely N-dealkylation sites (N-methyl/N-ethyl adjacent to an activating group) is 1. The highest BCUT2D eigenvalue weighted by atomic mass is 16.5. The Hall–Kier alpha value is -1.99. The molecule has 1 unspecified atom stereocenters. The van der Waals surface area contributed by atoms with Crippen molar-refractivity contribution < 1.29 is 14.3 Å². The highest BCUT2D eigenvalue weighted by Gasteiger charge is 2.25. The molecule has 0 aromatic heterocycles. The normalized spacial score (nSPS) is 16.8. The minimum atomic E-state index is -0.206. The number of anilines is 1. The summed E-state index contributed by atoms with van der Waals surface area (Å²) in [5.41, 5.74) is 0.678. The number of hydrogen-bond donors (Lipinski definition) is 2. The Balaban J connectivity index is 1.91. The number of piperazine rings is 1. The van der Waals surface area contributed by atoms with Gasteiger partial charge >= 0.3 is 6.03 Å². The Bertz CT molecular complexity index is 601. The van der Waals surface area contributed by atoms with Crippen molar-refractivity contribution in [1.29, 1.82) is 0 Å². The van der Waals surface area contributed by atoms with Gasteiger partial charge in [0.05, 0.1) is 13.7 Å². The van der Waals surface area contributed by atoms with E-state index >= 15 is 0 Å². The van der Waals surface area contributed by atoms with Crippen LogP contribution >= 0.6 is 0 Å². The fraction of sp³-hybridized carbons (Fsp3) is 0.650. The molecule has 1 aliphatic heterocycles. The maximum Gasteiger partial charge on any atom is 0.319 e. The smallest absolute Gasteiger partial charge is 0.319 e. The summed E-state index contributed by atoms with van der Waals surface area (Å²) in [5.74, 6) is 1.74. The van der Waals surface area contributed by atoms with Crippen molar-refractivity contribution in [3.05, 3.63) is 18.2 Å². The average Bonchev–Trinajstić information content (AvgIpc) is 2.63. The van der Waals surface area contributed by atoms with Gasteiger partial charge in [-0.05, 0) is 32.0 Å². The minimum Gasteiger partial charge on any atom is -0.493 e. The van der Waals surface area contributed by atoms with Gasteiger partial charge < -0.3 is 25.0 Å². The number of nitrogens with zero attached hydrogens (tertiary/aromatic N) is 2. The Kier molecular flexibility index (Phi) is 8.19. The summed E-state index contributed by atoms with van der Waals surface area (Å²) in [6.07, 6.45) is 0. The molecule has 7 heteroatoms. The third-order valence-corrected chi connectivity index (χ3v) is 4.97. The zero-order valence-electron chi connectivity index (χ0n) is 17.2. The van der Waals surface area contributed by atoms with Crippen molar-refractivity contribution in [2.75, 3.05) is 58.8 Å². The maximum absolute atomic E-state index is 12.4. The fourth-order valence-corrected chi connectivity index (χ4v) is 3.34. The standard InChI is InChI=1S/C20H34N4O3/c1-6-27-19-13-16(7-8-18(19)26-5)22-20(25)21-14-17(15(2)3)24-11-9-23(4)10-12-24/h7-8,13,15,17H,6,9-12,14H2,1-5H3,(H2,21,22,25). The van der Waals surface area contributed by atoms with Crippen molar-refractivity contribution in [2.45, 2.75) is 26.8 Å². The molecular weight excluding hydrogens is 344 g/mol. The molecule has 1 atom stereocenters. The number of carbonyl (C=O) groups excluding carboxylic acids is 1. The van der Waals surface area contributed by atoms with Crippen LogP contribution < -0.4 is 20.1 Å². The number of benzene rings is 1. The molecular formula is C20H34N4O3. The maximum atomic E-state index is 12.4. The van der Waals surface area contributed by atoms with Crippen LogP contribution in [0.4, 0.5) is 10.5 Å². The molecule has 1 heterocycles. The van der Waals surface area contributed by atoms with Crippen LogP contribution in [0.1, 0.15) is 20.8 Å². The SMILES string of the molecule is CCOc1cc(NC(=O)NCC(C(C)C)N2CCN(C)CC2)ccc1OC. The Morgan fingerprint density at radius 3 is 2.48 bits per heavy atom. The second-order valence-corrected chi connectivity index (χ2v) is 7.28. The van der Waals surface area contributed by atoms with E-state index in [0.717, 1.165) is 26.2 Å². The summed E-state index contributed by atoms with van der Waals surface area (Å²) in [6, 6.07) is 5.51. The molecule has 0 radical (unpaired) electrons. The van der Waals surface area contributed by atoms with E-state index < -0.39 is 0 Å². The molecule has 1 aromatic carbocycles. The van der Waals surface area contributed by atoms with Gasteiger partial charge in [-0.3, -0.25) is 4.90 Å². The van der Waals surface area contributed by atoms with Crippen LogP contribution in [-0.2, 0) is 0 Å². The minimum absolute atomic E-state index is 0.206. The first-order valence-electron chi connectivity index (χ1n) is 9.72. The van der Waals surface area contributed by atoms with Crippen molar-refractivity contribution in [2.24, 2.45) is 5.92 Å². The lowest BCUT2D eigenvalue weighted by Crippen LogP contribution is -2.54. The molecule has 27 heavy (non-hydrogen) atoms. The van der Waals surface area contributed by atoms with Crippen molar-refractivity contribution in [1.82, 2.24) is 15.1 Å². The van der Waals surface area contributed by atoms with Crippen molar-refractivity contribution in [3.8, 4) is 11.5 Å². The molecule has 0 saturated carbocycles. The van der Waals surface area contributed by atoms with E-state index in [-0.39, 0.29) is 6.03 Å². The number of hydrogen-bond acceptors (Lipinski definition) is 5. The van der Waals surface area contributed by atoms with Gasteiger partial charge in [0.1, 0.15) is 0 Å². The van der Waals surface area contributed by atoms with E-state index in [4.69, 9.17) is 9.47 Å². The van der Waals surface area contributed by atoms with E-state index in [1.165, 1.54) is 0 Å². The molecule has 152 valence electrons. The average molecular weight is 379 g/mol. The van der Waals surface area contributed by atoms with Crippen LogP contribution in [0.3, 0.4) is 0 Å². The predicted molar refractivity (Wildman–Crippen MR) is 109 cm³/mol. The summed E-state index contributed by atoms with van der Waals surface area (Å²) in [6.45, 7) is 11.7. The van der Waals surface area contributed by atoms with E-state index in [1.54, 1.807) is 25.3 Å². The van der Waals surface area contributed by atoms with Gasteiger partial charge in [0.25, 0.3) is 0 Å². The van der Waals surface area contributed by atoms with Gasteiger partial charge in [0, 0.05) is 50.5 Å². The van der Waals surface area contributed by atoms with Crippen LogP contribution in [-0.4, -0.2) is 75.4 Å². The summed E-state index contributed by atoms with van der Waals surface area (Å²) < 4.78 is 10.8. The van der Waals surface area contributed by atoms with E-state index in [2.05, 4.69) is 41.3 Å². The monoisotopic (exact) mass is 378 g/mol. The van der Waals surface area contributed by atoms with Crippen LogP contribution in [0, 0.1) is 5.92 Å². The number of urea groups is 1. The lowest BCUT2D eigenvalue weighted by atomic mass is 10.0. The molecule has 2 N–H and O–H groups in total. The van der Waals surface area contributed by atoms with Crippen LogP contribution in [0.15, 0.2) is 18.2 Å². The quantitative estimate of drug-likeness (QED) is 0.728. The third kappa shape index (κ3) is 6.29. The lowest BCUT2D eigenvalue weighted by molar-refractivity contribution is 0.0890. The van der Waals surface area contributed by atoms with Gasteiger partial charge in [0.2, 0.25) is 0 Å². The Morgan fingerprint density at radius 2 is 1.89 bits per heavy atom. The molecule has 2 rings (SSSR count). The van der Waals surface area contributed by atoms with Gasteiger partial charge in [-0.2, -0.15) is 0 Å². The summed E-state index contributed by atoms with van der Waals surface area (Å²) in [4.78, 5) is 17.2. The number of rotatable bonds is 8. The highest BCUT2D eigenvalue weighted by molar-refractivity contribution is 5.89. The first-order valence-corrected chi connectivity index (χ1v) is 9.72. The molecule has 1 aromatic rings. The summed E-state index contributed by atoms with van der Waals surface area (Å²) in [7, 11) is 3.75. The topological polar surface area (TPSA) is 66.1 Å². The Labute approximate surface area is 163 Å². The largest absolute Gasteiger partial charge is 0.493 e. The molecule has 0 aliphatic carbocycles. The van der Waals surface area contributed by atoms with Crippen molar-refractivity contribution >= 4 is 11.7 Å². The number of ether oxygens (including phenoxy) is 2. The number of carbonyl (C=O) groups is 1. The van der Waals surface area contributed by atoms with Crippen LogP contribution in [0.2, 0.25) is 0 Å². The van der Waals surface area contributed by atoms with Crippen LogP contribution in [0.5, 0.6) is 11.5 Å². The van der Waals surface area contributed by atoms with E-state index in [0.29, 0.717) is 42.3 Å². The first-order chi connectivity index (χ1) is 12.9. The zero-order chi connectivity index (χ0) is 19.8. The third-order valence-electron chi connectivity index (χ3n) is 4.97. The first kappa shape index (κ1) is 21.3. The summed E-state index contributed by atoms with van der Waals surface area (Å²) >= 11 is 0. The van der Waals surface area contributed by atoms with E-state index in [9.17, 15) is 4.79 Å². The molecule has 1 saturated heterocycles. The zero-order valence-corrected chi connectivity index (χ0v) is 17.2. The molecule has 2 amide bonds. The Morgan fingerprint density at radius 1 is 1.19 bits per heavy atom. The van der Waals surface area contributed by atoms with Crippen molar-refractivity contribution in [3.63, 3.8) is 0 Å². The van der Waals surface area contributed by atoms with Gasteiger partial charge in [-0.15, -0.1) is 0 Å². The lowest BCUT2D eigenvalue weighted by Gasteiger charge is -2.39. The summed E-state index contributed by atoms with van der Waals surface area (Å²) in [5, 5.41) is 5.91. The molecule has 1 aliphatic rings. The fourth-order valence-electron chi connectivity index (χ4n) is 3.34. The van der Waals surface area contributed by atoms with Crippen LogP contribution in [0.25, 0.3) is 0 Å². The number of methoxy groups -OCH3 is 1. The van der Waals surface area contributed by atoms with Gasteiger partial charge in [-0.25, -0.2) is 4.79 Å². The van der Waals surface area contributed by atoms with E-state index in [1.807, 2.05) is 6.92 Å². The van der Waals surface area contributed by atoms with Gasteiger partial charge in [-0.1, -0.05) is 13.8 Å². The number of nitrogens with one attached hydrogen (secondary N) is 2. The highest BCUT2D eigenvalue weighted by Crippen LogP contribution is 2.30. The molecule has 1 fully saturated rings.